The van der Waals surface area contributed by atoms with Gasteiger partial charge < -0.3 is 5.11 Å². The van der Waals surface area contributed by atoms with Crippen LogP contribution in [0.1, 0.15) is 24.2 Å². The molecule has 0 aliphatic rings. The molecule has 2 aromatic rings. The third-order valence-corrected chi connectivity index (χ3v) is 4.57. The zero-order chi connectivity index (χ0) is 15.5. The summed E-state index contributed by atoms with van der Waals surface area (Å²) in [6.07, 6.45) is 3.43. The molecule has 2 N–H and O–H groups in total. The molecule has 1 atom stereocenters. The number of nitrogens with one attached hydrogen (secondary N) is 1. The van der Waals surface area contributed by atoms with Crippen molar-refractivity contribution in [2.75, 3.05) is 6.54 Å². The maximum atomic E-state index is 12.2. The molecule has 6 nitrogen and oxygen atoms in total. The Morgan fingerprint density at radius 2 is 2.19 bits per heavy atom. The Morgan fingerprint density at radius 1 is 1.43 bits per heavy atom. The second-order valence-electron chi connectivity index (χ2n) is 4.92. The summed E-state index contributed by atoms with van der Waals surface area (Å²) in [5.74, 6) is 0. The largest absolute Gasteiger partial charge is 0.389 e. The Balaban J connectivity index is 2.03. The van der Waals surface area contributed by atoms with Gasteiger partial charge in [-0.25, -0.2) is 13.1 Å². The first-order chi connectivity index (χ1) is 9.88. The lowest BCUT2D eigenvalue weighted by atomic mass is 10.1. The predicted molar refractivity (Wildman–Crippen MR) is 79.2 cm³/mol. The zero-order valence-corrected chi connectivity index (χ0v) is 12.8. The van der Waals surface area contributed by atoms with Crippen molar-refractivity contribution in [3.63, 3.8) is 0 Å². The van der Waals surface area contributed by atoms with Crippen molar-refractivity contribution >= 4 is 10.0 Å². The van der Waals surface area contributed by atoms with Crippen LogP contribution in [0.15, 0.2) is 41.6 Å². The summed E-state index contributed by atoms with van der Waals surface area (Å²) in [6.45, 7) is 1.90. The number of sulfonamides is 1. The van der Waals surface area contributed by atoms with Crippen LogP contribution in [0.25, 0.3) is 0 Å². The highest BCUT2D eigenvalue weighted by Gasteiger charge is 2.15. The summed E-state index contributed by atoms with van der Waals surface area (Å²) < 4.78 is 28.6. The van der Waals surface area contributed by atoms with Gasteiger partial charge in [0.2, 0.25) is 10.0 Å². The SMILES string of the molecule is CC(O)c1cccc(S(=O)(=O)NCCc2cnn(C)c2)c1. The third-order valence-electron chi connectivity index (χ3n) is 3.11. The molecule has 0 saturated carbocycles. The summed E-state index contributed by atoms with van der Waals surface area (Å²) in [6, 6.07) is 6.31. The highest BCUT2D eigenvalue weighted by molar-refractivity contribution is 7.89. The smallest absolute Gasteiger partial charge is 0.240 e. The van der Waals surface area contributed by atoms with Crippen molar-refractivity contribution in [1.29, 1.82) is 0 Å². The van der Waals surface area contributed by atoms with E-state index in [0.717, 1.165) is 5.56 Å². The molecule has 1 aromatic heterocycles. The standard InChI is InChI=1S/C14H19N3O3S/c1-11(18)13-4-3-5-14(8-13)21(19,20)16-7-6-12-9-15-17(2)10-12/h3-5,8-11,16,18H,6-7H2,1-2H3. The van der Waals surface area contributed by atoms with Crippen LogP contribution in [0.3, 0.4) is 0 Å². The van der Waals surface area contributed by atoms with E-state index in [1.165, 1.54) is 12.1 Å². The molecule has 0 saturated heterocycles. The van der Waals surface area contributed by atoms with E-state index in [1.807, 2.05) is 13.2 Å². The van der Waals surface area contributed by atoms with Gasteiger partial charge in [0.1, 0.15) is 0 Å². The van der Waals surface area contributed by atoms with Gasteiger partial charge in [0.05, 0.1) is 17.2 Å². The van der Waals surface area contributed by atoms with E-state index in [0.29, 0.717) is 18.5 Å². The van der Waals surface area contributed by atoms with Crippen molar-refractivity contribution in [2.45, 2.75) is 24.3 Å². The average molecular weight is 309 g/mol. The minimum absolute atomic E-state index is 0.159. The van der Waals surface area contributed by atoms with Crippen LogP contribution < -0.4 is 4.72 Å². The summed E-state index contributed by atoms with van der Waals surface area (Å²) in [7, 11) is -1.75. The van der Waals surface area contributed by atoms with Gasteiger partial charge in [0.25, 0.3) is 0 Å². The number of nitrogens with zero attached hydrogens (tertiary/aromatic N) is 2. The van der Waals surface area contributed by atoms with Gasteiger partial charge in [0, 0.05) is 19.8 Å². The van der Waals surface area contributed by atoms with Gasteiger partial charge in [-0.15, -0.1) is 0 Å². The number of aryl methyl sites for hydroxylation is 1. The molecule has 1 heterocycles. The minimum Gasteiger partial charge on any atom is -0.389 e. The molecule has 0 amide bonds. The van der Waals surface area contributed by atoms with Gasteiger partial charge >= 0.3 is 0 Å². The van der Waals surface area contributed by atoms with Crippen molar-refractivity contribution < 1.29 is 13.5 Å². The molecule has 7 heteroatoms. The number of hydrogen-bond donors (Lipinski definition) is 2. The molecular weight excluding hydrogens is 290 g/mol. The van der Waals surface area contributed by atoms with E-state index in [4.69, 9.17) is 0 Å². The molecule has 1 aromatic carbocycles. The van der Waals surface area contributed by atoms with Crippen LogP contribution in [0.4, 0.5) is 0 Å². The normalized spacial score (nSPS) is 13.3. The van der Waals surface area contributed by atoms with E-state index in [2.05, 4.69) is 9.82 Å². The summed E-state index contributed by atoms with van der Waals surface area (Å²) in [5, 5.41) is 13.5. The number of benzene rings is 1. The minimum atomic E-state index is -3.57. The second-order valence-corrected chi connectivity index (χ2v) is 6.69. The van der Waals surface area contributed by atoms with Gasteiger partial charge in [-0.3, -0.25) is 4.68 Å². The van der Waals surface area contributed by atoms with Crippen LogP contribution >= 0.6 is 0 Å². The quantitative estimate of drug-likeness (QED) is 0.833. The monoisotopic (exact) mass is 309 g/mol. The number of rotatable bonds is 6. The molecule has 2 rings (SSSR count). The van der Waals surface area contributed by atoms with Gasteiger partial charge in [-0.05, 0) is 36.6 Å². The molecule has 0 aliphatic carbocycles. The lowest BCUT2D eigenvalue weighted by molar-refractivity contribution is 0.199. The molecular formula is C14H19N3O3S. The molecule has 114 valence electrons. The number of aromatic nitrogens is 2. The van der Waals surface area contributed by atoms with Gasteiger partial charge in [-0.2, -0.15) is 5.10 Å². The Morgan fingerprint density at radius 3 is 2.81 bits per heavy atom. The van der Waals surface area contributed by atoms with Crippen molar-refractivity contribution in [3.8, 4) is 0 Å². The van der Waals surface area contributed by atoms with Crippen LogP contribution in [0, 0.1) is 0 Å². The van der Waals surface area contributed by atoms with E-state index in [1.54, 1.807) is 29.9 Å². The summed E-state index contributed by atoms with van der Waals surface area (Å²) in [4.78, 5) is 0.159. The lowest BCUT2D eigenvalue weighted by Crippen LogP contribution is -2.26. The Labute approximate surface area is 124 Å². The first kappa shape index (κ1) is 15.7. The second kappa shape index (κ2) is 6.38. The van der Waals surface area contributed by atoms with Gasteiger partial charge in [0.15, 0.2) is 0 Å². The Kier molecular flexibility index (Phi) is 4.76. The van der Waals surface area contributed by atoms with Crippen LogP contribution in [-0.4, -0.2) is 29.8 Å². The van der Waals surface area contributed by atoms with Crippen molar-refractivity contribution in [1.82, 2.24) is 14.5 Å². The topological polar surface area (TPSA) is 84.2 Å². The van der Waals surface area contributed by atoms with Crippen LogP contribution in [-0.2, 0) is 23.5 Å². The number of aliphatic hydroxyl groups is 1. The molecule has 21 heavy (non-hydrogen) atoms. The fourth-order valence-corrected chi connectivity index (χ4v) is 3.04. The molecule has 0 spiro atoms. The third kappa shape index (κ3) is 4.13. The van der Waals surface area contributed by atoms with E-state index >= 15 is 0 Å². The fraction of sp³-hybridized carbons (Fsp3) is 0.357. The maximum absolute atomic E-state index is 12.2. The first-order valence-corrected chi connectivity index (χ1v) is 8.12. The average Bonchev–Trinajstić information content (AvgIpc) is 2.84. The number of hydrogen-bond acceptors (Lipinski definition) is 4. The van der Waals surface area contributed by atoms with E-state index < -0.39 is 16.1 Å². The van der Waals surface area contributed by atoms with Crippen molar-refractivity contribution in [2.24, 2.45) is 7.05 Å². The van der Waals surface area contributed by atoms with E-state index in [9.17, 15) is 13.5 Å². The summed E-state index contributed by atoms with van der Waals surface area (Å²) >= 11 is 0. The lowest BCUT2D eigenvalue weighted by Gasteiger charge is -2.09. The molecule has 0 fully saturated rings. The molecule has 0 aliphatic heterocycles. The van der Waals surface area contributed by atoms with E-state index in [-0.39, 0.29) is 4.90 Å². The van der Waals surface area contributed by atoms with Crippen LogP contribution in [0.2, 0.25) is 0 Å². The highest BCUT2D eigenvalue weighted by Crippen LogP contribution is 2.17. The molecule has 0 radical (unpaired) electrons. The molecule has 1 unspecified atom stereocenters. The maximum Gasteiger partial charge on any atom is 0.240 e. The Bertz CT molecular complexity index is 708. The Hall–Kier alpha value is -1.70. The summed E-state index contributed by atoms with van der Waals surface area (Å²) in [5.41, 5.74) is 1.54. The first-order valence-electron chi connectivity index (χ1n) is 6.64. The fourth-order valence-electron chi connectivity index (χ4n) is 1.96. The number of aliphatic hydroxyl groups excluding tert-OH is 1. The predicted octanol–water partition coefficient (Wildman–Crippen LogP) is 0.994. The van der Waals surface area contributed by atoms with Crippen LogP contribution in [0.5, 0.6) is 0 Å². The van der Waals surface area contributed by atoms with Crippen molar-refractivity contribution in [3.05, 3.63) is 47.8 Å². The highest BCUT2D eigenvalue weighted by atomic mass is 32.2. The zero-order valence-electron chi connectivity index (χ0n) is 12.0. The van der Waals surface area contributed by atoms with Gasteiger partial charge in [-0.1, -0.05) is 12.1 Å². The molecule has 0 bridgehead atoms.